The Balaban J connectivity index is 2.25. The number of amides is 1. The lowest BCUT2D eigenvalue weighted by Gasteiger charge is -2.01. The number of aromatic nitrogens is 2. The Hall–Kier alpha value is -1.75. The number of thiol groups is 1. The Bertz CT molecular complexity index is 536. The summed E-state index contributed by atoms with van der Waals surface area (Å²) in [5.41, 5.74) is 2.25. The van der Waals surface area contributed by atoms with Crippen LogP contribution in [0.15, 0.2) is 36.5 Å². The van der Waals surface area contributed by atoms with Crippen LogP contribution in [0.25, 0.3) is 5.69 Å². The summed E-state index contributed by atoms with van der Waals surface area (Å²) in [6, 6.07) is 9.71. The van der Waals surface area contributed by atoms with Crippen LogP contribution in [0.1, 0.15) is 16.1 Å². The van der Waals surface area contributed by atoms with Gasteiger partial charge in [0, 0.05) is 24.1 Å². The van der Waals surface area contributed by atoms with Crippen LogP contribution in [0.2, 0.25) is 0 Å². The minimum absolute atomic E-state index is 0.156. The maximum atomic E-state index is 11.8. The standard InChI is InChI=1S/C13H15N3OS/c1-10-9-16(11-5-3-2-4-6-11)15-12(10)13(17)14-7-8-18/h2-6,9,18H,7-8H2,1H3,(H,14,17). The van der Waals surface area contributed by atoms with E-state index >= 15 is 0 Å². The molecule has 1 heterocycles. The first-order valence-electron chi connectivity index (χ1n) is 5.73. The molecule has 1 amide bonds. The molecule has 0 radical (unpaired) electrons. The Morgan fingerprint density at radius 3 is 2.78 bits per heavy atom. The van der Waals surface area contributed by atoms with Crippen LogP contribution < -0.4 is 5.32 Å². The first-order chi connectivity index (χ1) is 8.72. The summed E-state index contributed by atoms with van der Waals surface area (Å²) in [6.07, 6.45) is 1.85. The number of carbonyl (C=O) groups excluding carboxylic acids is 1. The fraction of sp³-hybridized carbons (Fsp3) is 0.231. The number of aryl methyl sites for hydroxylation is 1. The van der Waals surface area contributed by atoms with Gasteiger partial charge in [0.1, 0.15) is 0 Å². The van der Waals surface area contributed by atoms with Crippen molar-refractivity contribution in [3.63, 3.8) is 0 Å². The van der Waals surface area contributed by atoms with Gasteiger partial charge in [-0.15, -0.1) is 0 Å². The minimum atomic E-state index is -0.156. The molecule has 0 aliphatic heterocycles. The van der Waals surface area contributed by atoms with Crippen LogP contribution in [-0.4, -0.2) is 28.0 Å². The molecular weight excluding hydrogens is 246 g/mol. The van der Waals surface area contributed by atoms with E-state index in [0.29, 0.717) is 18.0 Å². The van der Waals surface area contributed by atoms with E-state index in [1.54, 1.807) is 4.68 Å². The highest BCUT2D eigenvalue weighted by Gasteiger charge is 2.13. The van der Waals surface area contributed by atoms with E-state index < -0.39 is 0 Å². The second kappa shape index (κ2) is 5.73. The quantitative estimate of drug-likeness (QED) is 0.825. The van der Waals surface area contributed by atoms with Crippen LogP contribution in [0.3, 0.4) is 0 Å². The van der Waals surface area contributed by atoms with Crippen molar-refractivity contribution in [2.24, 2.45) is 0 Å². The summed E-state index contributed by atoms with van der Waals surface area (Å²) < 4.78 is 1.71. The fourth-order valence-corrected chi connectivity index (χ4v) is 1.76. The second-order valence-electron chi connectivity index (χ2n) is 3.92. The number of para-hydroxylation sites is 1. The van der Waals surface area contributed by atoms with Gasteiger partial charge in [0.2, 0.25) is 0 Å². The van der Waals surface area contributed by atoms with Gasteiger partial charge in [-0.2, -0.15) is 17.7 Å². The third-order valence-electron chi connectivity index (χ3n) is 2.53. The van der Waals surface area contributed by atoms with Gasteiger partial charge in [-0.1, -0.05) is 18.2 Å². The SMILES string of the molecule is Cc1cn(-c2ccccc2)nc1C(=O)NCCS. The molecular formula is C13H15N3OS. The molecule has 1 N–H and O–H groups in total. The molecule has 0 bridgehead atoms. The van der Waals surface area contributed by atoms with Gasteiger partial charge < -0.3 is 5.32 Å². The average molecular weight is 261 g/mol. The molecule has 0 spiro atoms. The lowest BCUT2D eigenvalue weighted by Crippen LogP contribution is -2.26. The highest BCUT2D eigenvalue weighted by atomic mass is 32.1. The molecule has 0 unspecified atom stereocenters. The molecule has 0 saturated heterocycles. The predicted molar refractivity (Wildman–Crippen MR) is 74.5 cm³/mol. The lowest BCUT2D eigenvalue weighted by atomic mass is 10.2. The van der Waals surface area contributed by atoms with Crippen LogP contribution in [0.5, 0.6) is 0 Å². The minimum Gasteiger partial charge on any atom is -0.350 e. The molecule has 2 rings (SSSR count). The van der Waals surface area contributed by atoms with Crippen molar-refractivity contribution in [1.82, 2.24) is 15.1 Å². The highest BCUT2D eigenvalue weighted by Crippen LogP contribution is 2.11. The van der Waals surface area contributed by atoms with Crippen LogP contribution in [0.4, 0.5) is 0 Å². The van der Waals surface area contributed by atoms with Crippen molar-refractivity contribution in [2.45, 2.75) is 6.92 Å². The van der Waals surface area contributed by atoms with Crippen molar-refractivity contribution in [1.29, 1.82) is 0 Å². The maximum absolute atomic E-state index is 11.8. The summed E-state index contributed by atoms with van der Waals surface area (Å²) in [5, 5.41) is 7.08. The molecule has 1 aromatic carbocycles. The second-order valence-corrected chi connectivity index (χ2v) is 4.37. The Labute approximate surface area is 111 Å². The monoisotopic (exact) mass is 261 g/mol. The maximum Gasteiger partial charge on any atom is 0.272 e. The van der Waals surface area contributed by atoms with Gasteiger partial charge in [0.15, 0.2) is 5.69 Å². The first kappa shape index (κ1) is 12.7. The fourth-order valence-electron chi connectivity index (χ4n) is 1.65. The van der Waals surface area contributed by atoms with Gasteiger partial charge in [-0.05, 0) is 19.1 Å². The normalized spacial score (nSPS) is 10.3. The van der Waals surface area contributed by atoms with Crippen molar-refractivity contribution < 1.29 is 4.79 Å². The lowest BCUT2D eigenvalue weighted by molar-refractivity contribution is 0.0950. The van der Waals surface area contributed by atoms with Crippen molar-refractivity contribution in [3.05, 3.63) is 47.8 Å². The molecule has 0 aliphatic carbocycles. The number of rotatable bonds is 4. The summed E-state index contributed by atoms with van der Waals surface area (Å²) in [6.45, 7) is 2.42. The zero-order chi connectivity index (χ0) is 13.0. The number of benzene rings is 1. The number of carbonyl (C=O) groups is 1. The van der Waals surface area contributed by atoms with E-state index in [1.807, 2.05) is 43.5 Å². The molecule has 94 valence electrons. The molecule has 2 aromatic rings. The van der Waals surface area contributed by atoms with E-state index in [0.717, 1.165) is 11.3 Å². The zero-order valence-electron chi connectivity index (χ0n) is 10.1. The molecule has 0 fully saturated rings. The van der Waals surface area contributed by atoms with Gasteiger partial charge in [-0.25, -0.2) is 4.68 Å². The van der Waals surface area contributed by atoms with E-state index in [2.05, 4.69) is 23.0 Å². The smallest absolute Gasteiger partial charge is 0.272 e. The van der Waals surface area contributed by atoms with Crippen molar-refractivity contribution >= 4 is 18.5 Å². The summed E-state index contributed by atoms with van der Waals surface area (Å²) >= 11 is 4.06. The van der Waals surface area contributed by atoms with E-state index in [1.165, 1.54) is 0 Å². The van der Waals surface area contributed by atoms with Crippen LogP contribution >= 0.6 is 12.6 Å². The molecule has 4 nitrogen and oxygen atoms in total. The summed E-state index contributed by atoms with van der Waals surface area (Å²) in [7, 11) is 0. The average Bonchev–Trinajstić information content (AvgIpc) is 2.79. The summed E-state index contributed by atoms with van der Waals surface area (Å²) in [4.78, 5) is 11.8. The summed E-state index contributed by atoms with van der Waals surface area (Å²) in [5.74, 6) is 0.459. The molecule has 0 saturated carbocycles. The van der Waals surface area contributed by atoms with Gasteiger partial charge in [0.25, 0.3) is 5.91 Å². The number of nitrogens with zero attached hydrogens (tertiary/aromatic N) is 2. The van der Waals surface area contributed by atoms with Gasteiger partial charge >= 0.3 is 0 Å². The van der Waals surface area contributed by atoms with E-state index in [4.69, 9.17) is 0 Å². The molecule has 0 atom stereocenters. The van der Waals surface area contributed by atoms with Crippen LogP contribution in [0, 0.1) is 6.92 Å². The highest BCUT2D eigenvalue weighted by molar-refractivity contribution is 7.80. The predicted octanol–water partition coefficient (Wildman–Crippen LogP) is 1.84. The van der Waals surface area contributed by atoms with Gasteiger partial charge in [0.05, 0.1) is 5.69 Å². The number of hydrogen-bond acceptors (Lipinski definition) is 3. The van der Waals surface area contributed by atoms with E-state index in [9.17, 15) is 4.79 Å². The zero-order valence-corrected chi connectivity index (χ0v) is 11.0. The third-order valence-corrected chi connectivity index (χ3v) is 2.75. The first-order valence-corrected chi connectivity index (χ1v) is 6.36. The Kier molecular flexibility index (Phi) is 4.04. The number of hydrogen-bond donors (Lipinski definition) is 2. The Morgan fingerprint density at radius 2 is 2.11 bits per heavy atom. The molecule has 1 aromatic heterocycles. The van der Waals surface area contributed by atoms with Crippen LogP contribution in [-0.2, 0) is 0 Å². The Morgan fingerprint density at radius 1 is 1.39 bits per heavy atom. The van der Waals surface area contributed by atoms with Crippen molar-refractivity contribution in [2.75, 3.05) is 12.3 Å². The molecule has 0 aliphatic rings. The third kappa shape index (κ3) is 2.73. The largest absolute Gasteiger partial charge is 0.350 e. The van der Waals surface area contributed by atoms with E-state index in [-0.39, 0.29) is 5.91 Å². The van der Waals surface area contributed by atoms with Gasteiger partial charge in [-0.3, -0.25) is 4.79 Å². The molecule has 5 heteroatoms. The molecule has 18 heavy (non-hydrogen) atoms. The topological polar surface area (TPSA) is 46.9 Å². The number of nitrogens with one attached hydrogen (secondary N) is 1. The van der Waals surface area contributed by atoms with Crippen molar-refractivity contribution in [3.8, 4) is 5.69 Å².